The number of aromatic nitrogens is 1. The number of para-hydroxylation sites is 1. The molecule has 0 saturated heterocycles. The molecule has 0 radical (unpaired) electrons. The van der Waals surface area contributed by atoms with Gasteiger partial charge in [-0.15, -0.1) is 0 Å². The van der Waals surface area contributed by atoms with Gasteiger partial charge in [-0.25, -0.2) is 4.99 Å². The summed E-state index contributed by atoms with van der Waals surface area (Å²) in [5.74, 6) is 1.18. The van der Waals surface area contributed by atoms with Crippen molar-refractivity contribution in [3.63, 3.8) is 0 Å². The van der Waals surface area contributed by atoms with Gasteiger partial charge in [-0.2, -0.15) is 0 Å². The van der Waals surface area contributed by atoms with Gasteiger partial charge in [0.25, 0.3) is 5.56 Å². The highest BCUT2D eigenvalue weighted by atomic mass is 35.5. The van der Waals surface area contributed by atoms with E-state index >= 15 is 0 Å². The monoisotopic (exact) mass is 564 g/mol. The summed E-state index contributed by atoms with van der Waals surface area (Å²) in [5, 5.41) is 0.643. The van der Waals surface area contributed by atoms with Gasteiger partial charge in [0.2, 0.25) is 0 Å². The number of thiazole rings is 1. The zero-order chi connectivity index (χ0) is 27.5. The molecule has 7 heteroatoms. The zero-order valence-corrected chi connectivity index (χ0v) is 23.2. The van der Waals surface area contributed by atoms with Crippen LogP contribution in [0, 0.1) is 0 Å². The molecule has 1 aliphatic rings. The van der Waals surface area contributed by atoms with E-state index in [9.17, 15) is 4.79 Å². The van der Waals surface area contributed by atoms with Crippen LogP contribution >= 0.6 is 22.9 Å². The van der Waals surface area contributed by atoms with Crippen LogP contribution in [0.1, 0.15) is 28.3 Å². The average Bonchev–Trinajstić information content (AvgIpc) is 3.31. The van der Waals surface area contributed by atoms with Crippen LogP contribution in [0.3, 0.4) is 0 Å². The van der Waals surface area contributed by atoms with Gasteiger partial charge in [0, 0.05) is 10.6 Å². The van der Waals surface area contributed by atoms with E-state index in [4.69, 9.17) is 26.1 Å². The molecular weight excluding hydrogens is 540 g/mol. The van der Waals surface area contributed by atoms with Crippen LogP contribution in [0.4, 0.5) is 0 Å². The minimum absolute atomic E-state index is 0.121. The van der Waals surface area contributed by atoms with E-state index < -0.39 is 0 Å². The first kappa shape index (κ1) is 25.9. The Kier molecular flexibility index (Phi) is 7.36. The maximum absolute atomic E-state index is 13.9. The maximum atomic E-state index is 13.9. The molecule has 2 heterocycles. The topological polar surface area (TPSA) is 52.8 Å². The zero-order valence-electron chi connectivity index (χ0n) is 21.7. The van der Waals surface area contributed by atoms with Crippen molar-refractivity contribution in [1.82, 2.24) is 4.57 Å². The third-order valence-electron chi connectivity index (χ3n) is 6.67. The van der Waals surface area contributed by atoms with Crippen molar-refractivity contribution in [3.05, 3.63) is 156 Å². The molecule has 5 nitrogen and oxygen atoms in total. The Bertz CT molecular complexity index is 1860. The number of hydrogen-bond donors (Lipinski definition) is 0. The molecule has 4 aromatic carbocycles. The molecule has 0 bridgehead atoms. The molecular formula is C33H25ClN2O3S. The number of rotatable bonds is 7. The fourth-order valence-electron chi connectivity index (χ4n) is 4.68. The molecule has 0 N–H and O–H groups in total. The smallest absolute Gasteiger partial charge is 0.271 e. The van der Waals surface area contributed by atoms with Crippen molar-refractivity contribution in [1.29, 1.82) is 0 Å². The van der Waals surface area contributed by atoms with Crippen LogP contribution in [-0.2, 0) is 6.61 Å². The quantitative estimate of drug-likeness (QED) is 0.235. The van der Waals surface area contributed by atoms with Gasteiger partial charge in [-0.05, 0) is 47.0 Å². The molecule has 0 spiro atoms. The van der Waals surface area contributed by atoms with E-state index in [-0.39, 0.29) is 11.6 Å². The lowest BCUT2D eigenvalue weighted by Crippen LogP contribution is -2.36. The van der Waals surface area contributed by atoms with E-state index in [0.29, 0.717) is 32.5 Å². The summed E-state index contributed by atoms with van der Waals surface area (Å²) in [4.78, 5) is 19.4. The normalized spacial score (nSPS) is 14.7. The van der Waals surface area contributed by atoms with Gasteiger partial charge < -0.3 is 9.47 Å². The fourth-order valence-corrected chi connectivity index (χ4v) is 5.81. The van der Waals surface area contributed by atoms with Gasteiger partial charge in [0.05, 0.1) is 23.4 Å². The van der Waals surface area contributed by atoms with E-state index in [1.54, 1.807) is 11.7 Å². The molecule has 0 aliphatic carbocycles. The van der Waals surface area contributed by atoms with Crippen LogP contribution in [0.2, 0.25) is 5.02 Å². The van der Waals surface area contributed by atoms with Crippen molar-refractivity contribution >= 4 is 34.7 Å². The summed E-state index contributed by atoms with van der Waals surface area (Å²) in [5.41, 5.74) is 4.43. The summed E-state index contributed by atoms with van der Waals surface area (Å²) in [6.45, 7) is 0.375. The van der Waals surface area contributed by atoms with Gasteiger partial charge in [0.1, 0.15) is 6.61 Å². The van der Waals surface area contributed by atoms with Crippen molar-refractivity contribution in [2.45, 2.75) is 12.6 Å². The molecule has 5 aromatic rings. The van der Waals surface area contributed by atoms with Gasteiger partial charge >= 0.3 is 0 Å². The number of nitrogens with zero attached hydrogens (tertiary/aromatic N) is 2. The van der Waals surface area contributed by atoms with Gasteiger partial charge in [0.15, 0.2) is 16.3 Å². The summed E-state index contributed by atoms with van der Waals surface area (Å²) in [7, 11) is 1.61. The predicted octanol–water partition coefficient (Wildman–Crippen LogP) is 6.24. The summed E-state index contributed by atoms with van der Waals surface area (Å²) in [6.07, 6.45) is 3.89. The molecule has 1 unspecified atom stereocenters. The van der Waals surface area contributed by atoms with Gasteiger partial charge in [-0.3, -0.25) is 9.36 Å². The van der Waals surface area contributed by atoms with Crippen molar-refractivity contribution < 1.29 is 9.47 Å². The van der Waals surface area contributed by atoms with Crippen molar-refractivity contribution in [2.75, 3.05) is 7.11 Å². The molecule has 1 aromatic heterocycles. The average molecular weight is 565 g/mol. The molecule has 0 fully saturated rings. The second-order valence-corrected chi connectivity index (χ2v) is 10.7. The Labute approximate surface area is 240 Å². The standard InChI is InChI=1S/C33H25ClN2O3S/c1-38-29-14-8-13-25(31(29)39-21-22-9-4-2-5-10-22)19-30-32(37)36-28(24-15-17-26(34)18-16-24)20-27(35-33(36)40-30)23-11-6-3-7-12-23/h2-20,28H,21H2,1H3. The van der Waals surface area contributed by atoms with E-state index in [1.807, 2.05) is 115 Å². The van der Waals surface area contributed by atoms with E-state index in [0.717, 1.165) is 28.0 Å². The third-order valence-corrected chi connectivity index (χ3v) is 7.90. The van der Waals surface area contributed by atoms with E-state index in [2.05, 4.69) is 0 Å². The highest BCUT2D eigenvalue weighted by molar-refractivity contribution is 7.07. The van der Waals surface area contributed by atoms with Crippen LogP contribution < -0.4 is 24.4 Å². The van der Waals surface area contributed by atoms with Crippen molar-refractivity contribution in [3.8, 4) is 11.5 Å². The number of allylic oxidation sites excluding steroid dienone is 1. The largest absolute Gasteiger partial charge is 0.493 e. The lowest BCUT2D eigenvalue weighted by atomic mass is 10.0. The second kappa shape index (κ2) is 11.4. The summed E-state index contributed by atoms with van der Waals surface area (Å²) >= 11 is 7.54. The number of ether oxygens (including phenoxy) is 2. The number of benzene rings is 4. The Hall–Kier alpha value is -4.39. The molecule has 1 atom stereocenters. The fraction of sp³-hybridized carbons (Fsp3) is 0.0909. The molecule has 40 heavy (non-hydrogen) atoms. The summed E-state index contributed by atoms with van der Waals surface area (Å²) < 4.78 is 14.1. The number of hydrogen-bond acceptors (Lipinski definition) is 5. The summed E-state index contributed by atoms with van der Waals surface area (Å²) in [6, 6.07) is 32.9. The minimum atomic E-state index is -0.329. The Morgan fingerprint density at radius 2 is 1.65 bits per heavy atom. The third kappa shape index (κ3) is 5.24. The first-order chi connectivity index (χ1) is 19.6. The second-order valence-electron chi connectivity index (χ2n) is 9.25. The Morgan fingerprint density at radius 3 is 2.38 bits per heavy atom. The van der Waals surface area contributed by atoms with Crippen LogP contribution in [0.5, 0.6) is 11.5 Å². The van der Waals surface area contributed by atoms with Crippen molar-refractivity contribution in [2.24, 2.45) is 4.99 Å². The lowest BCUT2D eigenvalue weighted by molar-refractivity contribution is 0.284. The molecule has 0 amide bonds. The maximum Gasteiger partial charge on any atom is 0.271 e. The van der Waals surface area contributed by atoms with Crippen LogP contribution in [0.15, 0.2) is 119 Å². The lowest BCUT2D eigenvalue weighted by Gasteiger charge is -2.19. The molecule has 198 valence electrons. The molecule has 1 aliphatic heterocycles. The molecule has 6 rings (SSSR count). The number of methoxy groups -OCH3 is 1. The SMILES string of the molecule is COc1cccc(C=c2sc3n(c2=O)C(c2ccc(Cl)cc2)C=C(c2ccccc2)N=3)c1OCc1ccccc1. The first-order valence-corrected chi connectivity index (χ1v) is 14.0. The van der Waals surface area contributed by atoms with Crippen LogP contribution in [0.25, 0.3) is 11.8 Å². The Balaban J connectivity index is 1.48. The molecule has 0 saturated carbocycles. The predicted molar refractivity (Wildman–Crippen MR) is 161 cm³/mol. The highest BCUT2D eigenvalue weighted by Crippen LogP contribution is 2.33. The van der Waals surface area contributed by atoms with Gasteiger partial charge in [-0.1, -0.05) is 108 Å². The first-order valence-electron chi connectivity index (χ1n) is 12.8. The highest BCUT2D eigenvalue weighted by Gasteiger charge is 2.23. The number of halogens is 1. The van der Waals surface area contributed by atoms with Crippen LogP contribution in [-0.4, -0.2) is 11.7 Å². The Morgan fingerprint density at radius 1 is 0.925 bits per heavy atom. The van der Waals surface area contributed by atoms with E-state index in [1.165, 1.54) is 11.3 Å². The minimum Gasteiger partial charge on any atom is -0.493 e. The number of fused-ring (bicyclic) bond motifs is 1.